The molecular weight excluding hydrogens is 354 g/mol. The smallest absolute Gasteiger partial charge is 0.279 e. The molecule has 3 aromatic rings. The van der Waals surface area contributed by atoms with Gasteiger partial charge in [0.15, 0.2) is 4.80 Å². The number of fused-ring (bicyclic) bond motifs is 2. The number of nitrogens with one attached hydrogen (secondary N) is 1. The summed E-state index contributed by atoms with van der Waals surface area (Å²) in [6, 6.07) is 13.3. The van der Waals surface area contributed by atoms with Gasteiger partial charge in [-0.1, -0.05) is 23.5 Å². The number of hydrogen-bond acceptors (Lipinski definition) is 4. The van der Waals surface area contributed by atoms with Gasteiger partial charge >= 0.3 is 0 Å². The van der Waals surface area contributed by atoms with Crippen LogP contribution in [0, 0.1) is 0 Å². The lowest BCUT2D eigenvalue weighted by atomic mass is 10.2. The van der Waals surface area contributed by atoms with Crippen molar-refractivity contribution in [3.63, 3.8) is 0 Å². The van der Waals surface area contributed by atoms with Crippen molar-refractivity contribution in [2.75, 3.05) is 5.32 Å². The van der Waals surface area contributed by atoms with Gasteiger partial charge in [0.2, 0.25) is 5.91 Å². The number of benzene rings is 2. The number of amides is 2. The van der Waals surface area contributed by atoms with Crippen LogP contribution in [0.2, 0.25) is 0 Å². The number of aryl methyl sites for hydroxylation is 1. The van der Waals surface area contributed by atoms with Crippen molar-refractivity contribution in [2.45, 2.75) is 17.1 Å². The quantitative estimate of drug-likeness (QED) is 0.715. The van der Waals surface area contributed by atoms with Crippen LogP contribution in [-0.4, -0.2) is 21.6 Å². The molecule has 5 nitrogen and oxygen atoms in total. The van der Waals surface area contributed by atoms with E-state index in [9.17, 15) is 9.59 Å². The van der Waals surface area contributed by atoms with Gasteiger partial charge in [0, 0.05) is 17.5 Å². The predicted molar refractivity (Wildman–Crippen MR) is 101 cm³/mol. The Kier molecular flexibility index (Phi) is 3.97. The molecule has 2 amide bonds. The van der Waals surface area contributed by atoms with Crippen molar-refractivity contribution in [1.29, 1.82) is 0 Å². The van der Waals surface area contributed by atoms with Crippen LogP contribution in [0.5, 0.6) is 0 Å². The molecule has 4 rings (SSSR count). The van der Waals surface area contributed by atoms with Gasteiger partial charge in [-0.25, -0.2) is 0 Å². The molecular formula is C18H15N3O2S2. The highest BCUT2D eigenvalue weighted by molar-refractivity contribution is 8.00. The average Bonchev–Trinajstić information content (AvgIpc) is 2.92. The number of aromatic nitrogens is 1. The lowest BCUT2D eigenvalue weighted by Crippen LogP contribution is -2.26. The van der Waals surface area contributed by atoms with Gasteiger partial charge in [-0.3, -0.25) is 9.59 Å². The second kappa shape index (κ2) is 6.16. The summed E-state index contributed by atoms with van der Waals surface area (Å²) >= 11 is 2.97. The van der Waals surface area contributed by atoms with Crippen LogP contribution in [-0.2, 0) is 11.8 Å². The second-order valence-electron chi connectivity index (χ2n) is 5.79. The van der Waals surface area contributed by atoms with E-state index < -0.39 is 0 Å². The Labute approximate surface area is 152 Å². The van der Waals surface area contributed by atoms with E-state index >= 15 is 0 Å². The summed E-state index contributed by atoms with van der Waals surface area (Å²) in [7, 11) is 1.90. The van der Waals surface area contributed by atoms with Gasteiger partial charge in [-0.2, -0.15) is 4.99 Å². The molecule has 0 aliphatic carbocycles. The first-order chi connectivity index (χ1) is 12.0. The van der Waals surface area contributed by atoms with E-state index in [1.54, 1.807) is 12.1 Å². The molecule has 0 unspecified atom stereocenters. The number of thiazole rings is 1. The summed E-state index contributed by atoms with van der Waals surface area (Å²) in [5.74, 6) is -0.363. The van der Waals surface area contributed by atoms with Crippen molar-refractivity contribution in [3.05, 3.63) is 52.8 Å². The van der Waals surface area contributed by atoms with E-state index in [-0.39, 0.29) is 17.1 Å². The molecule has 1 aliphatic rings. The van der Waals surface area contributed by atoms with Crippen LogP contribution >= 0.6 is 23.1 Å². The Morgan fingerprint density at radius 2 is 2.04 bits per heavy atom. The first-order valence-corrected chi connectivity index (χ1v) is 9.48. The highest BCUT2D eigenvalue weighted by Gasteiger charge is 2.23. The van der Waals surface area contributed by atoms with Crippen molar-refractivity contribution >= 4 is 50.8 Å². The third kappa shape index (κ3) is 2.89. The Bertz CT molecular complexity index is 1080. The molecule has 0 spiro atoms. The topological polar surface area (TPSA) is 63.5 Å². The fraction of sp³-hybridized carbons (Fsp3) is 0.167. The minimum atomic E-state index is -0.317. The summed E-state index contributed by atoms with van der Waals surface area (Å²) in [6.07, 6.45) is 0. The summed E-state index contributed by atoms with van der Waals surface area (Å²) < 4.78 is 3.00. The monoisotopic (exact) mass is 369 g/mol. The van der Waals surface area contributed by atoms with Crippen LogP contribution in [0.1, 0.15) is 17.3 Å². The standard InChI is InChI=1S/C18H15N3O2S2/c1-10-16(22)19-12-9-11(7-8-14(12)24-10)17(23)20-18-21(2)13-5-3-4-6-15(13)25-18/h3-10H,1-2H3,(H,19,22)/t10-/m1/s1. The van der Waals surface area contributed by atoms with Crippen LogP contribution in [0.15, 0.2) is 52.4 Å². The summed E-state index contributed by atoms with van der Waals surface area (Å²) in [4.78, 5) is 30.3. The average molecular weight is 369 g/mol. The first kappa shape index (κ1) is 16.1. The maximum atomic E-state index is 12.6. The third-order valence-electron chi connectivity index (χ3n) is 4.07. The molecule has 0 bridgehead atoms. The number of para-hydroxylation sites is 1. The van der Waals surface area contributed by atoms with Crippen molar-refractivity contribution in [1.82, 2.24) is 4.57 Å². The van der Waals surface area contributed by atoms with Crippen molar-refractivity contribution in [2.24, 2.45) is 12.0 Å². The van der Waals surface area contributed by atoms with Crippen LogP contribution in [0.25, 0.3) is 10.2 Å². The van der Waals surface area contributed by atoms with E-state index in [2.05, 4.69) is 10.3 Å². The molecule has 0 radical (unpaired) electrons. The summed E-state index contributed by atoms with van der Waals surface area (Å²) in [5.41, 5.74) is 2.18. The molecule has 1 N–H and O–H groups in total. The largest absolute Gasteiger partial charge is 0.324 e. The molecule has 7 heteroatoms. The molecule has 25 heavy (non-hydrogen) atoms. The number of thioether (sulfide) groups is 1. The van der Waals surface area contributed by atoms with Crippen LogP contribution in [0.4, 0.5) is 5.69 Å². The molecule has 1 atom stereocenters. The van der Waals surface area contributed by atoms with E-state index in [1.807, 2.05) is 48.9 Å². The Morgan fingerprint density at radius 3 is 2.84 bits per heavy atom. The number of anilines is 1. The Morgan fingerprint density at radius 1 is 1.24 bits per heavy atom. The normalized spacial score (nSPS) is 17.4. The summed E-state index contributed by atoms with van der Waals surface area (Å²) in [5, 5.41) is 2.72. The predicted octanol–water partition coefficient (Wildman–Crippen LogP) is 3.41. The highest BCUT2D eigenvalue weighted by atomic mass is 32.2. The van der Waals surface area contributed by atoms with Gasteiger partial charge < -0.3 is 9.88 Å². The van der Waals surface area contributed by atoms with Gasteiger partial charge in [0.1, 0.15) is 0 Å². The highest BCUT2D eigenvalue weighted by Crippen LogP contribution is 2.36. The Balaban J connectivity index is 1.73. The fourth-order valence-corrected chi connectivity index (χ4v) is 4.63. The number of carbonyl (C=O) groups is 2. The molecule has 0 saturated carbocycles. The maximum Gasteiger partial charge on any atom is 0.279 e. The molecule has 2 heterocycles. The van der Waals surface area contributed by atoms with E-state index in [1.165, 1.54) is 23.1 Å². The molecule has 0 fully saturated rings. The second-order valence-corrected chi connectivity index (χ2v) is 8.18. The first-order valence-electron chi connectivity index (χ1n) is 7.78. The SMILES string of the molecule is C[C@H]1Sc2ccc(C(=O)N=c3sc4ccccc4n3C)cc2NC1=O. The van der Waals surface area contributed by atoms with Gasteiger partial charge in [-0.15, -0.1) is 11.8 Å². The molecule has 1 aliphatic heterocycles. The zero-order valence-electron chi connectivity index (χ0n) is 13.6. The minimum Gasteiger partial charge on any atom is -0.324 e. The number of nitrogens with zero attached hydrogens (tertiary/aromatic N) is 2. The van der Waals surface area contributed by atoms with Gasteiger partial charge in [-0.05, 0) is 37.3 Å². The van der Waals surface area contributed by atoms with Crippen LogP contribution < -0.4 is 10.1 Å². The molecule has 1 aromatic heterocycles. The number of carbonyl (C=O) groups excluding carboxylic acids is 2. The van der Waals surface area contributed by atoms with E-state index in [0.29, 0.717) is 16.1 Å². The maximum absolute atomic E-state index is 12.6. The van der Waals surface area contributed by atoms with Gasteiger partial charge in [0.05, 0.1) is 21.2 Å². The van der Waals surface area contributed by atoms with Gasteiger partial charge in [0.25, 0.3) is 5.91 Å². The molecule has 126 valence electrons. The zero-order valence-corrected chi connectivity index (χ0v) is 15.3. The minimum absolute atomic E-state index is 0.0463. The van der Waals surface area contributed by atoms with E-state index in [0.717, 1.165) is 15.1 Å². The zero-order chi connectivity index (χ0) is 17.6. The molecule has 0 saturated heterocycles. The lowest BCUT2D eigenvalue weighted by molar-refractivity contribution is -0.115. The van der Waals surface area contributed by atoms with Crippen molar-refractivity contribution in [3.8, 4) is 0 Å². The number of rotatable bonds is 1. The third-order valence-corrected chi connectivity index (χ3v) is 6.36. The number of hydrogen-bond donors (Lipinski definition) is 1. The van der Waals surface area contributed by atoms with Crippen LogP contribution in [0.3, 0.4) is 0 Å². The molecule has 2 aromatic carbocycles. The Hall–Kier alpha value is -2.38. The van der Waals surface area contributed by atoms with Crippen molar-refractivity contribution < 1.29 is 9.59 Å². The fourth-order valence-electron chi connectivity index (χ4n) is 2.68. The van der Waals surface area contributed by atoms with E-state index in [4.69, 9.17) is 0 Å². The lowest BCUT2D eigenvalue weighted by Gasteiger charge is -2.21. The summed E-state index contributed by atoms with van der Waals surface area (Å²) in [6.45, 7) is 1.86.